The van der Waals surface area contributed by atoms with Crippen LogP contribution < -0.4 is 15.5 Å². The van der Waals surface area contributed by atoms with Gasteiger partial charge in [0.1, 0.15) is 5.82 Å². The van der Waals surface area contributed by atoms with Crippen LogP contribution >= 0.6 is 0 Å². The highest BCUT2D eigenvalue weighted by atomic mass is 19.4. The van der Waals surface area contributed by atoms with E-state index in [-0.39, 0.29) is 24.6 Å². The zero-order chi connectivity index (χ0) is 21.9. The summed E-state index contributed by atoms with van der Waals surface area (Å²) in [7, 11) is 0. The number of piperazine rings is 1. The number of urea groups is 1. The van der Waals surface area contributed by atoms with Gasteiger partial charge in [-0.3, -0.25) is 4.79 Å². The molecule has 0 spiro atoms. The van der Waals surface area contributed by atoms with Gasteiger partial charge in [0.25, 0.3) is 0 Å². The van der Waals surface area contributed by atoms with Crippen LogP contribution in [0, 0.1) is 5.82 Å². The second kappa shape index (κ2) is 8.60. The summed E-state index contributed by atoms with van der Waals surface area (Å²) in [4.78, 5) is 26.8. The summed E-state index contributed by atoms with van der Waals surface area (Å²) in [5.41, 5.74) is -1.07. The van der Waals surface area contributed by atoms with E-state index in [1.807, 2.05) is 0 Å². The van der Waals surface area contributed by atoms with Crippen molar-refractivity contribution in [2.75, 3.05) is 41.7 Å². The molecule has 1 saturated heterocycles. The summed E-state index contributed by atoms with van der Waals surface area (Å²) in [6.07, 6.45) is -4.72. The van der Waals surface area contributed by atoms with Gasteiger partial charge in [-0.1, -0.05) is 12.1 Å². The van der Waals surface area contributed by atoms with Crippen molar-refractivity contribution in [3.8, 4) is 0 Å². The molecule has 2 N–H and O–H groups in total. The number of amides is 3. The minimum atomic E-state index is -4.72. The predicted molar refractivity (Wildman–Crippen MR) is 105 cm³/mol. The lowest BCUT2D eigenvalue weighted by Gasteiger charge is -2.36. The average molecular weight is 424 g/mol. The lowest BCUT2D eigenvalue weighted by Crippen LogP contribution is -2.50. The van der Waals surface area contributed by atoms with Crippen molar-refractivity contribution in [2.45, 2.75) is 13.1 Å². The minimum Gasteiger partial charge on any atom is -0.366 e. The van der Waals surface area contributed by atoms with Crippen molar-refractivity contribution in [3.05, 3.63) is 53.8 Å². The zero-order valence-corrected chi connectivity index (χ0v) is 16.1. The standard InChI is InChI=1S/C20H20F4N4O2/c1-13(29)25-14-6-7-17(15(12-14)20(22,23)24)26-19(30)28-10-8-27(9-11-28)18-5-3-2-4-16(18)21/h2-7,12H,8-11H2,1H3,(H,25,29)(H,26,30). The maximum absolute atomic E-state index is 13.9. The van der Waals surface area contributed by atoms with E-state index >= 15 is 0 Å². The Balaban J connectivity index is 1.69. The number of nitrogens with one attached hydrogen (secondary N) is 2. The monoisotopic (exact) mass is 424 g/mol. The third-order valence-electron chi connectivity index (χ3n) is 4.65. The van der Waals surface area contributed by atoms with Crippen molar-refractivity contribution in [1.82, 2.24) is 4.90 Å². The molecule has 2 aromatic carbocycles. The number of hydrogen-bond donors (Lipinski definition) is 2. The fourth-order valence-corrected chi connectivity index (χ4v) is 3.22. The van der Waals surface area contributed by atoms with Gasteiger partial charge in [-0.05, 0) is 30.3 Å². The Kier molecular flexibility index (Phi) is 6.14. The Morgan fingerprint density at radius 1 is 0.967 bits per heavy atom. The summed E-state index contributed by atoms with van der Waals surface area (Å²) < 4.78 is 54.2. The maximum Gasteiger partial charge on any atom is 0.418 e. The van der Waals surface area contributed by atoms with Crippen molar-refractivity contribution in [2.24, 2.45) is 0 Å². The number of anilines is 3. The lowest BCUT2D eigenvalue weighted by molar-refractivity contribution is -0.137. The SMILES string of the molecule is CC(=O)Nc1ccc(NC(=O)N2CCN(c3ccccc3F)CC2)c(C(F)(F)F)c1. The normalized spacial score (nSPS) is 14.4. The molecule has 1 aliphatic rings. The molecular weight excluding hydrogens is 404 g/mol. The molecule has 0 bridgehead atoms. The molecule has 1 heterocycles. The molecule has 0 saturated carbocycles. The van der Waals surface area contributed by atoms with Gasteiger partial charge in [0, 0.05) is 38.8 Å². The Morgan fingerprint density at radius 2 is 1.63 bits per heavy atom. The Hall–Kier alpha value is -3.30. The summed E-state index contributed by atoms with van der Waals surface area (Å²) in [6.45, 7) is 2.34. The molecule has 0 aromatic heterocycles. The molecule has 30 heavy (non-hydrogen) atoms. The Morgan fingerprint density at radius 3 is 2.23 bits per heavy atom. The van der Waals surface area contributed by atoms with Crippen LogP contribution in [0.15, 0.2) is 42.5 Å². The first-order valence-electron chi connectivity index (χ1n) is 9.19. The van der Waals surface area contributed by atoms with Crippen molar-refractivity contribution in [1.29, 1.82) is 0 Å². The van der Waals surface area contributed by atoms with E-state index in [4.69, 9.17) is 0 Å². The first-order valence-corrected chi connectivity index (χ1v) is 9.19. The van der Waals surface area contributed by atoms with Gasteiger partial charge in [0.05, 0.1) is 16.9 Å². The van der Waals surface area contributed by atoms with Crippen LogP contribution in [0.3, 0.4) is 0 Å². The van der Waals surface area contributed by atoms with Crippen LogP contribution in [0.2, 0.25) is 0 Å². The molecule has 3 rings (SSSR count). The van der Waals surface area contributed by atoms with Crippen molar-refractivity contribution >= 4 is 29.0 Å². The quantitative estimate of drug-likeness (QED) is 0.728. The fraction of sp³-hybridized carbons (Fsp3) is 0.300. The van der Waals surface area contributed by atoms with Gasteiger partial charge < -0.3 is 20.4 Å². The first kappa shape index (κ1) is 21.4. The predicted octanol–water partition coefficient (Wildman–Crippen LogP) is 4.16. The van der Waals surface area contributed by atoms with Crippen LogP contribution in [0.5, 0.6) is 0 Å². The van der Waals surface area contributed by atoms with E-state index in [0.29, 0.717) is 18.8 Å². The van der Waals surface area contributed by atoms with Crippen LogP contribution in [0.4, 0.5) is 39.4 Å². The van der Waals surface area contributed by atoms with E-state index in [1.54, 1.807) is 23.1 Å². The maximum atomic E-state index is 13.9. The average Bonchev–Trinajstić information content (AvgIpc) is 2.68. The molecular formula is C20H20F4N4O2. The van der Waals surface area contributed by atoms with Gasteiger partial charge >= 0.3 is 12.2 Å². The number of hydrogen-bond acceptors (Lipinski definition) is 3. The summed E-state index contributed by atoms with van der Waals surface area (Å²) >= 11 is 0. The molecule has 6 nitrogen and oxygen atoms in total. The summed E-state index contributed by atoms with van der Waals surface area (Å²) in [6, 6.07) is 8.74. The van der Waals surface area contributed by atoms with E-state index in [1.165, 1.54) is 24.0 Å². The van der Waals surface area contributed by atoms with Gasteiger partial charge in [0.15, 0.2) is 0 Å². The third-order valence-corrected chi connectivity index (χ3v) is 4.65. The second-order valence-corrected chi connectivity index (χ2v) is 6.79. The van der Waals surface area contributed by atoms with E-state index in [0.717, 1.165) is 12.1 Å². The Bertz CT molecular complexity index is 941. The lowest BCUT2D eigenvalue weighted by atomic mass is 10.1. The number of benzene rings is 2. The zero-order valence-electron chi connectivity index (χ0n) is 16.1. The molecule has 1 fully saturated rings. The minimum absolute atomic E-state index is 0.0219. The Labute approximate surface area is 170 Å². The highest BCUT2D eigenvalue weighted by Crippen LogP contribution is 2.36. The molecule has 0 aliphatic carbocycles. The fourth-order valence-electron chi connectivity index (χ4n) is 3.22. The number of nitrogens with zero attached hydrogens (tertiary/aromatic N) is 2. The second-order valence-electron chi connectivity index (χ2n) is 6.79. The molecule has 160 valence electrons. The largest absolute Gasteiger partial charge is 0.418 e. The molecule has 2 aromatic rings. The van der Waals surface area contributed by atoms with Crippen molar-refractivity contribution < 1.29 is 27.2 Å². The number of halogens is 4. The van der Waals surface area contributed by atoms with Gasteiger partial charge in [-0.2, -0.15) is 13.2 Å². The van der Waals surface area contributed by atoms with Crippen molar-refractivity contribution in [3.63, 3.8) is 0 Å². The number of carbonyl (C=O) groups excluding carboxylic acids is 2. The smallest absolute Gasteiger partial charge is 0.366 e. The molecule has 0 atom stereocenters. The van der Waals surface area contributed by atoms with Gasteiger partial charge in [-0.25, -0.2) is 9.18 Å². The molecule has 3 amide bonds. The van der Waals surface area contributed by atoms with Crippen LogP contribution in [0.1, 0.15) is 12.5 Å². The molecule has 10 heteroatoms. The van der Waals surface area contributed by atoms with Crippen LogP contribution in [0.25, 0.3) is 0 Å². The molecule has 0 unspecified atom stereocenters. The number of rotatable bonds is 3. The summed E-state index contributed by atoms with van der Waals surface area (Å²) in [5.74, 6) is -0.878. The molecule has 1 aliphatic heterocycles. The topological polar surface area (TPSA) is 64.7 Å². The number of para-hydroxylation sites is 1. The van der Waals surface area contributed by atoms with Crippen LogP contribution in [-0.2, 0) is 11.0 Å². The highest BCUT2D eigenvalue weighted by molar-refractivity contribution is 5.92. The first-order chi connectivity index (χ1) is 14.1. The number of alkyl halides is 3. The van der Waals surface area contributed by atoms with E-state index < -0.39 is 29.4 Å². The van der Waals surface area contributed by atoms with Crippen LogP contribution in [-0.4, -0.2) is 43.0 Å². The molecule has 0 radical (unpaired) electrons. The van der Waals surface area contributed by atoms with E-state index in [2.05, 4.69) is 10.6 Å². The van der Waals surface area contributed by atoms with Gasteiger partial charge in [-0.15, -0.1) is 0 Å². The number of carbonyl (C=O) groups is 2. The third kappa shape index (κ3) is 5.00. The highest BCUT2D eigenvalue weighted by Gasteiger charge is 2.35. The van der Waals surface area contributed by atoms with E-state index in [9.17, 15) is 27.2 Å². The van der Waals surface area contributed by atoms with Gasteiger partial charge in [0.2, 0.25) is 5.91 Å². The summed E-state index contributed by atoms with van der Waals surface area (Å²) in [5, 5.41) is 4.58.